The van der Waals surface area contributed by atoms with Crippen molar-refractivity contribution in [3.05, 3.63) is 96.2 Å². The normalized spacial score (nSPS) is 11.0. The fourth-order valence-electron chi connectivity index (χ4n) is 3.51. The summed E-state index contributed by atoms with van der Waals surface area (Å²) >= 11 is 0. The second kappa shape index (κ2) is 7.79. The van der Waals surface area contributed by atoms with Crippen LogP contribution in [0.25, 0.3) is 33.6 Å². The molecular formula is C25H20N4O. The second-order valence-electron chi connectivity index (χ2n) is 7.07. The van der Waals surface area contributed by atoms with E-state index in [2.05, 4.69) is 10.5 Å². The highest BCUT2D eigenvalue weighted by Gasteiger charge is 2.16. The Morgan fingerprint density at radius 2 is 1.43 bits per heavy atom. The first-order valence-electron chi connectivity index (χ1n) is 9.86. The summed E-state index contributed by atoms with van der Waals surface area (Å²) in [4.78, 5) is 9.58. The van der Waals surface area contributed by atoms with Crippen molar-refractivity contribution in [3.63, 3.8) is 0 Å². The predicted octanol–water partition coefficient (Wildman–Crippen LogP) is 5.87. The van der Waals surface area contributed by atoms with Crippen LogP contribution in [0.2, 0.25) is 0 Å². The number of benzene rings is 3. The van der Waals surface area contributed by atoms with Gasteiger partial charge < -0.3 is 9.84 Å². The van der Waals surface area contributed by atoms with E-state index in [0.717, 1.165) is 44.9 Å². The molecule has 0 radical (unpaired) electrons. The van der Waals surface area contributed by atoms with Gasteiger partial charge in [0.15, 0.2) is 11.6 Å². The lowest BCUT2D eigenvalue weighted by atomic mass is 10.1. The lowest BCUT2D eigenvalue weighted by Gasteiger charge is -2.11. The van der Waals surface area contributed by atoms with Gasteiger partial charge in [-0.2, -0.15) is 0 Å². The van der Waals surface area contributed by atoms with Crippen LogP contribution in [0, 0.1) is 6.92 Å². The number of rotatable bonds is 5. The van der Waals surface area contributed by atoms with Crippen LogP contribution in [0.15, 0.2) is 89.5 Å². The third-order valence-corrected chi connectivity index (χ3v) is 5.09. The van der Waals surface area contributed by atoms with Crippen LogP contribution in [-0.4, -0.2) is 15.1 Å². The molecule has 0 atom stereocenters. The maximum absolute atomic E-state index is 5.63. The Hall–Kier alpha value is -3.99. The molecule has 3 aromatic carbocycles. The number of nitrogens with one attached hydrogen (secondary N) is 1. The molecule has 0 aliphatic carbocycles. The third-order valence-electron chi connectivity index (χ3n) is 5.09. The minimum atomic E-state index is 0.550. The molecule has 5 rings (SSSR count). The van der Waals surface area contributed by atoms with E-state index in [1.807, 2.05) is 91.9 Å². The van der Waals surface area contributed by atoms with E-state index in [0.29, 0.717) is 12.4 Å². The van der Waals surface area contributed by atoms with E-state index in [-0.39, 0.29) is 0 Å². The molecule has 2 aromatic heterocycles. The molecule has 0 unspecified atom stereocenters. The van der Waals surface area contributed by atoms with Gasteiger partial charge in [-0.3, -0.25) is 0 Å². The standard InChI is InChI=1S/C25H20N4O/c1-17-21(23(30-29-17)18-10-4-2-5-11-18)16-26-25-20-14-8-9-15-22(20)27-24(28-25)19-12-6-3-7-13-19/h2-15H,16H2,1H3,(H,26,27,28). The van der Waals surface area contributed by atoms with Crippen molar-refractivity contribution in [2.45, 2.75) is 13.5 Å². The first-order chi connectivity index (χ1) is 14.8. The van der Waals surface area contributed by atoms with Crippen LogP contribution in [0.3, 0.4) is 0 Å². The Balaban J connectivity index is 1.53. The number of hydrogen-bond donors (Lipinski definition) is 1. The predicted molar refractivity (Wildman–Crippen MR) is 119 cm³/mol. The summed E-state index contributed by atoms with van der Waals surface area (Å²) in [5, 5.41) is 8.66. The van der Waals surface area contributed by atoms with Crippen LogP contribution < -0.4 is 5.32 Å². The van der Waals surface area contributed by atoms with Crippen molar-refractivity contribution < 1.29 is 4.52 Å². The first-order valence-corrected chi connectivity index (χ1v) is 9.86. The number of nitrogens with zero attached hydrogens (tertiary/aromatic N) is 3. The van der Waals surface area contributed by atoms with Crippen molar-refractivity contribution >= 4 is 16.7 Å². The zero-order valence-corrected chi connectivity index (χ0v) is 16.5. The van der Waals surface area contributed by atoms with Crippen molar-refractivity contribution in [1.29, 1.82) is 0 Å². The number of anilines is 1. The van der Waals surface area contributed by atoms with Gasteiger partial charge in [-0.05, 0) is 19.1 Å². The van der Waals surface area contributed by atoms with Crippen molar-refractivity contribution in [2.75, 3.05) is 5.32 Å². The van der Waals surface area contributed by atoms with Gasteiger partial charge in [0, 0.05) is 28.6 Å². The molecule has 2 heterocycles. The zero-order valence-electron chi connectivity index (χ0n) is 16.5. The molecule has 5 nitrogen and oxygen atoms in total. The number of aryl methyl sites for hydroxylation is 1. The molecule has 1 N–H and O–H groups in total. The van der Waals surface area contributed by atoms with Crippen LogP contribution in [0.1, 0.15) is 11.3 Å². The minimum absolute atomic E-state index is 0.550. The summed E-state index contributed by atoms with van der Waals surface area (Å²) in [5.41, 5.74) is 4.78. The molecule has 0 aliphatic heterocycles. The number of fused-ring (bicyclic) bond motifs is 1. The van der Waals surface area contributed by atoms with Gasteiger partial charge in [0.05, 0.1) is 11.2 Å². The van der Waals surface area contributed by atoms with Crippen LogP contribution in [-0.2, 0) is 6.54 Å². The lowest BCUT2D eigenvalue weighted by molar-refractivity contribution is 0.426. The average molecular weight is 392 g/mol. The van der Waals surface area contributed by atoms with Gasteiger partial charge in [0.2, 0.25) is 0 Å². The molecular weight excluding hydrogens is 372 g/mol. The highest BCUT2D eigenvalue weighted by atomic mass is 16.5. The maximum atomic E-state index is 5.63. The number of hydrogen-bond acceptors (Lipinski definition) is 5. The second-order valence-corrected chi connectivity index (χ2v) is 7.07. The summed E-state index contributed by atoms with van der Waals surface area (Å²) in [6.07, 6.45) is 0. The minimum Gasteiger partial charge on any atom is -0.365 e. The van der Waals surface area contributed by atoms with Crippen LogP contribution >= 0.6 is 0 Å². The summed E-state index contributed by atoms with van der Waals surface area (Å²) in [6.45, 7) is 2.51. The molecule has 0 saturated carbocycles. The van der Waals surface area contributed by atoms with Gasteiger partial charge >= 0.3 is 0 Å². The monoisotopic (exact) mass is 392 g/mol. The number of para-hydroxylation sites is 1. The summed E-state index contributed by atoms with van der Waals surface area (Å²) in [6, 6.07) is 28.1. The van der Waals surface area contributed by atoms with E-state index in [1.54, 1.807) is 0 Å². The van der Waals surface area contributed by atoms with Gasteiger partial charge in [-0.25, -0.2) is 9.97 Å². The zero-order chi connectivity index (χ0) is 20.3. The molecule has 0 saturated heterocycles. The van der Waals surface area contributed by atoms with Gasteiger partial charge in [0.25, 0.3) is 0 Å². The van der Waals surface area contributed by atoms with Gasteiger partial charge in [-0.1, -0.05) is 78.0 Å². The van der Waals surface area contributed by atoms with E-state index in [1.165, 1.54) is 0 Å². The summed E-state index contributed by atoms with van der Waals surface area (Å²) in [5.74, 6) is 2.27. The van der Waals surface area contributed by atoms with Crippen LogP contribution in [0.4, 0.5) is 5.82 Å². The van der Waals surface area contributed by atoms with E-state index in [9.17, 15) is 0 Å². The average Bonchev–Trinajstić information content (AvgIpc) is 3.18. The maximum Gasteiger partial charge on any atom is 0.172 e. The van der Waals surface area contributed by atoms with Crippen molar-refractivity contribution in [1.82, 2.24) is 15.1 Å². The fraction of sp³-hybridized carbons (Fsp3) is 0.0800. The Morgan fingerprint density at radius 3 is 2.20 bits per heavy atom. The molecule has 30 heavy (non-hydrogen) atoms. The molecule has 0 fully saturated rings. The summed E-state index contributed by atoms with van der Waals surface area (Å²) < 4.78 is 5.63. The molecule has 5 aromatic rings. The SMILES string of the molecule is Cc1noc(-c2ccccc2)c1CNc1nc(-c2ccccc2)nc2ccccc12. The topological polar surface area (TPSA) is 63.8 Å². The van der Waals surface area contributed by atoms with Gasteiger partial charge in [-0.15, -0.1) is 0 Å². The highest BCUT2D eigenvalue weighted by molar-refractivity contribution is 5.90. The highest BCUT2D eigenvalue weighted by Crippen LogP contribution is 2.29. The fourth-order valence-corrected chi connectivity index (χ4v) is 3.51. The summed E-state index contributed by atoms with van der Waals surface area (Å²) in [7, 11) is 0. The Morgan fingerprint density at radius 1 is 0.767 bits per heavy atom. The van der Waals surface area contributed by atoms with E-state index < -0.39 is 0 Å². The Bertz CT molecular complexity index is 1300. The van der Waals surface area contributed by atoms with Crippen molar-refractivity contribution in [2.24, 2.45) is 0 Å². The molecule has 0 aliphatic rings. The molecule has 0 spiro atoms. The molecule has 0 bridgehead atoms. The van der Waals surface area contributed by atoms with Gasteiger partial charge in [0.1, 0.15) is 5.82 Å². The lowest BCUT2D eigenvalue weighted by Crippen LogP contribution is -2.05. The number of aromatic nitrogens is 3. The largest absolute Gasteiger partial charge is 0.365 e. The third kappa shape index (κ3) is 3.42. The van der Waals surface area contributed by atoms with E-state index >= 15 is 0 Å². The Labute approximate surface area is 174 Å². The molecule has 5 heteroatoms. The smallest absolute Gasteiger partial charge is 0.172 e. The van der Waals surface area contributed by atoms with Crippen LogP contribution in [0.5, 0.6) is 0 Å². The quantitative estimate of drug-likeness (QED) is 0.405. The molecule has 146 valence electrons. The van der Waals surface area contributed by atoms with E-state index in [4.69, 9.17) is 14.5 Å². The molecule has 0 amide bonds. The Kier molecular flexibility index (Phi) is 4.69. The first kappa shape index (κ1) is 18.1. The van der Waals surface area contributed by atoms with Crippen molar-refractivity contribution in [3.8, 4) is 22.7 Å².